The van der Waals surface area contributed by atoms with Crippen LogP contribution in [-0.4, -0.2) is 17.1 Å². The van der Waals surface area contributed by atoms with Gasteiger partial charge in [-0.15, -0.1) is 0 Å². The van der Waals surface area contributed by atoms with Crippen molar-refractivity contribution in [2.75, 3.05) is 10.6 Å². The molecule has 1 aromatic rings. The van der Waals surface area contributed by atoms with E-state index >= 15 is 0 Å². The molecule has 0 aromatic heterocycles. The standard InChI is InChI=1S/C11H14N2O3/c1-7(2)10(14)12-8-4-3-5-9(6-8)13-11(15)16/h3-7,13H,1-2H3,(H,12,14)(H,15,16). The number of benzene rings is 1. The molecular weight excluding hydrogens is 208 g/mol. The molecule has 0 aliphatic carbocycles. The Kier molecular flexibility index (Phi) is 3.88. The highest BCUT2D eigenvalue weighted by atomic mass is 16.4. The second-order valence-electron chi connectivity index (χ2n) is 3.65. The molecule has 0 saturated heterocycles. The van der Waals surface area contributed by atoms with Gasteiger partial charge in [-0.25, -0.2) is 4.79 Å². The van der Waals surface area contributed by atoms with Crippen LogP contribution in [0.1, 0.15) is 13.8 Å². The summed E-state index contributed by atoms with van der Waals surface area (Å²) in [5.41, 5.74) is 0.999. The molecule has 3 N–H and O–H groups in total. The average molecular weight is 222 g/mol. The molecule has 1 rings (SSSR count). The Balaban J connectivity index is 2.74. The van der Waals surface area contributed by atoms with Gasteiger partial charge in [-0.2, -0.15) is 0 Å². The Labute approximate surface area is 93.5 Å². The van der Waals surface area contributed by atoms with Crippen LogP contribution in [0.4, 0.5) is 16.2 Å². The number of carboxylic acid groups (broad SMARTS) is 1. The van der Waals surface area contributed by atoms with Gasteiger partial charge in [0.05, 0.1) is 0 Å². The van der Waals surface area contributed by atoms with E-state index < -0.39 is 6.09 Å². The molecule has 1 aromatic carbocycles. The maximum atomic E-state index is 11.4. The van der Waals surface area contributed by atoms with Gasteiger partial charge in [-0.3, -0.25) is 10.1 Å². The molecule has 2 amide bonds. The lowest BCUT2D eigenvalue weighted by Gasteiger charge is -2.08. The second kappa shape index (κ2) is 5.16. The van der Waals surface area contributed by atoms with Gasteiger partial charge in [0, 0.05) is 17.3 Å². The van der Waals surface area contributed by atoms with E-state index in [-0.39, 0.29) is 11.8 Å². The van der Waals surface area contributed by atoms with Crippen LogP contribution in [0.2, 0.25) is 0 Å². The predicted octanol–water partition coefficient (Wildman–Crippen LogP) is 2.37. The Morgan fingerprint density at radius 3 is 2.25 bits per heavy atom. The third-order valence-corrected chi connectivity index (χ3v) is 1.91. The lowest BCUT2D eigenvalue weighted by atomic mass is 10.2. The van der Waals surface area contributed by atoms with Gasteiger partial charge in [0.15, 0.2) is 0 Å². The monoisotopic (exact) mass is 222 g/mol. The highest BCUT2D eigenvalue weighted by Crippen LogP contribution is 2.15. The van der Waals surface area contributed by atoms with E-state index in [9.17, 15) is 9.59 Å². The number of rotatable bonds is 3. The first kappa shape index (κ1) is 12.0. The lowest BCUT2D eigenvalue weighted by molar-refractivity contribution is -0.118. The molecule has 0 radical (unpaired) electrons. The van der Waals surface area contributed by atoms with Crippen LogP contribution in [0.3, 0.4) is 0 Å². The summed E-state index contributed by atoms with van der Waals surface area (Å²) in [7, 11) is 0. The third-order valence-electron chi connectivity index (χ3n) is 1.91. The summed E-state index contributed by atoms with van der Waals surface area (Å²) in [5.74, 6) is -0.219. The van der Waals surface area contributed by atoms with Gasteiger partial charge in [0.1, 0.15) is 0 Å². The Bertz CT molecular complexity index is 402. The van der Waals surface area contributed by atoms with E-state index in [0.29, 0.717) is 11.4 Å². The number of nitrogens with one attached hydrogen (secondary N) is 2. The molecule has 0 unspecified atom stereocenters. The number of carbonyl (C=O) groups excluding carboxylic acids is 1. The third kappa shape index (κ3) is 3.61. The minimum absolute atomic E-state index is 0.104. The summed E-state index contributed by atoms with van der Waals surface area (Å²) in [4.78, 5) is 21.8. The second-order valence-corrected chi connectivity index (χ2v) is 3.65. The highest BCUT2D eigenvalue weighted by Gasteiger charge is 2.07. The largest absolute Gasteiger partial charge is 0.465 e. The van der Waals surface area contributed by atoms with E-state index in [0.717, 1.165) is 0 Å². The molecule has 0 bridgehead atoms. The van der Waals surface area contributed by atoms with Crippen molar-refractivity contribution in [2.24, 2.45) is 5.92 Å². The molecule has 0 saturated carbocycles. The maximum Gasteiger partial charge on any atom is 0.409 e. The molecular formula is C11H14N2O3. The van der Waals surface area contributed by atoms with Crippen molar-refractivity contribution in [1.82, 2.24) is 0 Å². The van der Waals surface area contributed by atoms with Gasteiger partial charge in [0.2, 0.25) is 5.91 Å². The Morgan fingerprint density at radius 1 is 1.19 bits per heavy atom. The van der Waals surface area contributed by atoms with Crippen LogP contribution >= 0.6 is 0 Å². The summed E-state index contributed by atoms with van der Waals surface area (Å²) in [5, 5.41) is 13.4. The molecule has 0 fully saturated rings. The minimum atomic E-state index is -1.13. The van der Waals surface area contributed by atoms with Crippen LogP contribution in [0.5, 0.6) is 0 Å². The molecule has 0 aliphatic heterocycles. The van der Waals surface area contributed by atoms with Crippen LogP contribution < -0.4 is 10.6 Å². The molecule has 86 valence electrons. The first-order valence-corrected chi connectivity index (χ1v) is 4.90. The maximum absolute atomic E-state index is 11.4. The van der Waals surface area contributed by atoms with Crippen molar-refractivity contribution < 1.29 is 14.7 Å². The predicted molar refractivity (Wildman–Crippen MR) is 61.6 cm³/mol. The van der Waals surface area contributed by atoms with Crippen LogP contribution in [0, 0.1) is 5.92 Å². The van der Waals surface area contributed by atoms with E-state index in [1.165, 1.54) is 0 Å². The van der Waals surface area contributed by atoms with Gasteiger partial charge >= 0.3 is 6.09 Å². The number of carbonyl (C=O) groups is 2. The minimum Gasteiger partial charge on any atom is -0.465 e. The number of hydrogen-bond acceptors (Lipinski definition) is 2. The summed E-state index contributed by atoms with van der Waals surface area (Å²) < 4.78 is 0. The summed E-state index contributed by atoms with van der Waals surface area (Å²) in [6, 6.07) is 6.54. The van der Waals surface area contributed by atoms with Crippen LogP contribution in [0.15, 0.2) is 24.3 Å². The van der Waals surface area contributed by atoms with Crippen molar-refractivity contribution in [1.29, 1.82) is 0 Å². The molecule has 0 aliphatic rings. The van der Waals surface area contributed by atoms with E-state index in [1.807, 2.05) is 0 Å². The molecule has 0 spiro atoms. The van der Waals surface area contributed by atoms with Crippen molar-refractivity contribution in [3.8, 4) is 0 Å². The summed E-state index contributed by atoms with van der Waals surface area (Å²) >= 11 is 0. The van der Waals surface area contributed by atoms with Gasteiger partial charge < -0.3 is 10.4 Å². The molecule has 16 heavy (non-hydrogen) atoms. The number of hydrogen-bond donors (Lipinski definition) is 3. The summed E-state index contributed by atoms with van der Waals surface area (Å²) in [6.07, 6.45) is -1.13. The van der Waals surface area contributed by atoms with Crippen molar-refractivity contribution in [2.45, 2.75) is 13.8 Å². The van der Waals surface area contributed by atoms with Gasteiger partial charge in [0.25, 0.3) is 0 Å². The van der Waals surface area contributed by atoms with E-state index in [4.69, 9.17) is 5.11 Å². The Morgan fingerprint density at radius 2 is 1.75 bits per heavy atom. The zero-order valence-electron chi connectivity index (χ0n) is 9.15. The normalized spacial score (nSPS) is 9.94. The number of anilines is 2. The van der Waals surface area contributed by atoms with Gasteiger partial charge in [-0.1, -0.05) is 19.9 Å². The van der Waals surface area contributed by atoms with E-state index in [1.54, 1.807) is 38.1 Å². The first-order valence-electron chi connectivity index (χ1n) is 4.90. The van der Waals surface area contributed by atoms with Crippen molar-refractivity contribution in [3.05, 3.63) is 24.3 Å². The SMILES string of the molecule is CC(C)C(=O)Nc1cccc(NC(=O)O)c1. The fourth-order valence-corrected chi connectivity index (χ4v) is 1.08. The topological polar surface area (TPSA) is 78.4 Å². The fourth-order valence-electron chi connectivity index (χ4n) is 1.08. The lowest BCUT2D eigenvalue weighted by Crippen LogP contribution is -2.17. The van der Waals surface area contributed by atoms with E-state index in [2.05, 4.69) is 10.6 Å². The molecule has 0 atom stereocenters. The molecule has 5 heteroatoms. The smallest absolute Gasteiger partial charge is 0.409 e. The van der Waals surface area contributed by atoms with Gasteiger partial charge in [-0.05, 0) is 18.2 Å². The fraction of sp³-hybridized carbons (Fsp3) is 0.273. The molecule has 5 nitrogen and oxygen atoms in total. The summed E-state index contributed by atoms with van der Waals surface area (Å²) in [6.45, 7) is 3.57. The van der Waals surface area contributed by atoms with Crippen molar-refractivity contribution in [3.63, 3.8) is 0 Å². The van der Waals surface area contributed by atoms with Crippen LogP contribution in [0.25, 0.3) is 0 Å². The average Bonchev–Trinajstić information content (AvgIpc) is 2.16. The Hall–Kier alpha value is -2.04. The zero-order valence-corrected chi connectivity index (χ0v) is 9.15. The van der Waals surface area contributed by atoms with Crippen molar-refractivity contribution >= 4 is 23.4 Å². The zero-order chi connectivity index (χ0) is 12.1. The molecule has 0 heterocycles. The number of amides is 2. The first-order chi connectivity index (χ1) is 7.49. The highest BCUT2D eigenvalue weighted by molar-refractivity contribution is 5.93. The quantitative estimate of drug-likeness (QED) is 0.734. The van der Waals surface area contributed by atoms with Crippen LogP contribution in [-0.2, 0) is 4.79 Å².